The van der Waals surface area contributed by atoms with Gasteiger partial charge in [0.15, 0.2) is 0 Å². The van der Waals surface area contributed by atoms with Crippen LogP contribution in [0.25, 0.3) is 0 Å². The molecule has 0 aliphatic heterocycles. The lowest BCUT2D eigenvalue weighted by Gasteiger charge is -2.40. The van der Waals surface area contributed by atoms with Gasteiger partial charge in [0.25, 0.3) is 5.91 Å². The third-order valence-corrected chi connectivity index (χ3v) is 4.06. The fourth-order valence-electron chi connectivity index (χ4n) is 2.83. The second kappa shape index (κ2) is 11.4. The van der Waals surface area contributed by atoms with E-state index >= 15 is 4.39 Å². The molecule has 0 aliphatic rings. The van der Waals surface area contributed by atoms with Crippen LogP contribution >= 0.6 is 0 Å². The number of allylic oxidation sites excluding steroid dienone is 1. The number of imide groups is 1. The van der Waals surface area contributed by atoms with Gasteiger partial charge in [0.1, 0.15) is 0 Å². The predicted octanol–water partition coefficient (Wildman–Crippen LogP) is 4.31. The van der Waals surface area contributed by atoms with Crippen LogP contribution in [0.4, 0.5) is 4.39 Å². The highest BCUT2D eigenvalue weighted by Gasteiger charge is 2.48. The fraction of sp³-hybridized carbons (Fsp3) is 0.800. The first kappa shape index (κ1) is 23.8. The number of hydrogen-bond acceptors (Lipinski definition) is 3. The summed E-state index contributed by atoms with van der Waals surface area (Å²) in [5.74, 6) is -3.67. The maximum atomic E-state index is 15.9. The minimum atomic E-state index is -2.19. The van der Waals surface area contributed by atoms with Crippen molar-refractivity contribution < 1.29 is 14.0 Å². The molecule has 5 heteroatoms. The van der Waals surface area contributed by atoms with Crippen molar-refractivity contribution in [1.29, 1.82) is 0 Å². The normalized spacial score (nSPS) is 14.2. The van der Waals surface area contributed by atoms with E-state index in [1.54, 1.807) is 18.7 Å². The molecule has 0 heterocycles. The van der Waals surface area contributed by atoms with E-state index in [1.165, 1.54) is 0 Å². The second-order valence-electron chi connectivity index (χ2n) is 7.93. The number of alkyl halides is 1. The van der Waals surface area contributed by atoms with Crippen molar-refractivity contribution in [3.63, 3.8) is 0 Å². The number of nitrogens with zero attached hydrogens (tertiary/aromatic N) is 1. The monoisotopic (exact) mass is 356 g/mol. The Morgan fingerprint density at radius 2 is 1.72 bits per heavy atom. The topological polar surface area (TPSA) is 49.4 Å². The van der Waals surface area contributed by atoms with Gasteiger partial charge < -0.3 is 0 Å². The van der Waals surface area contributed by atoms with E-state index in [-0.39, 0.29) is 18.3 Å². The fourth-order valence-corrected chi connectivity index (χ4v) is 2.83. The highest BCUT2D eigenvalue weighted by molar-refractivity contribution is 5.99. The number of carbonyl (C=O) groups is 2. The summed E-state index contributed by atoms with van der Waals surface area (Å²) in [6.07, 6.45) is 4.61. The molecule has 1 N–H and O–H groups in total. The first-order valence-electron chi connectivity index (χ1n) is 9.44. The van der Waals surface area contributed by atoms with E-state index in [9.17, 15) is 9.59 Å². The van der Waals surface area contributed by atoms with Gasteiger partial charge in [0.05, 0.1) is 0 Å². The molecule has 0 aromatic rings. The van der Waals surface area contributed by atoms with E-state index in [1.807, 2.05) is 33.8 Å². The van der Waals surface area contributed by atoms with Crippen LogP contribution in [0.1, 0.15) is 67.2 Å². The van der Waals surface area contributed by atoms with Crippen LogP contribution in [-0.4, -0.2) is 35.6 Å². The van der Waals surface area contributed by atoms with E-state index in [0.29, 0.717) is 13.1 Å². The standard InChI is InChI=1S/C20H37FN2O2/c1-8-9-10-11-12-23(14-16(4)5)20(21,17(6)7)19(25)22-18(24)13-15(2)3/h8,15-17H,1,9-14H2,2-7H3,(H,22,24,25). The average Bonchev–Trinajstić information content (AvgIpc) is 2.47. The summed E-state index contributed by atoms with van der Waals surface area (Å²) in [5, 5.41) is 2.28. The maximum absolute atomic E-state index is 15.9. The van der Waals surface area contributed by atoms with Crippen LogP contribution in [0.15, 0.2) is 12.7 Å². The summed E-state index contributed by atoms with van der Waals surface area (Å²) in [4.78, 5) is 26.2. The Bertz CT molecular complexity index is 435. The molecule has 1 unspecified atom stereocenters. The lowest BCUT2D eigenvalue weighted by molar-refractivity contribution is -0.158. The molecule has 0 fully saturated rings. The number of amides is 2. The highest BCUT2D eigenvalue weighted by Crippen LogP contribution is 2.29. The SMILES string of the molecule is C=CCCCCN(CC(C)C)C(F)(C(=O)NC(=O)CC(C)C)C(C)C. The van der Waals surface area contributed by atoms with Gasteiger partial charge in [-0.15, -0.1) is 6.58 Å². The molecule has 0 bridgehead atoms. The van der Waals surface area contributed by atoms with Crippen molar-refractivity contribution in [2.75, 3.05) is 13.1 Å². The van der Waals surface area contributed by atoms with E-state index in [0.717, 1.165) is 19.3 Å². The van der Waals surface area contributed by atoms with E-state index in [4.69, 9.17) is 0 Å². The molecule has 2 amide bonds. The molecule has 1 atom stereocenters. The molecule has 0 radical (unpaired) electrons. The maximum Gasteiger partial charge on any atom is 0.279 e. The Morgan fingerprint density at radius 3 is 2.16 bits per heavy atom. The number of nitrogens with one attached hydrogen (secondary N) is 1. The Morgan fingerprint density at radius 1 is 1.12 bits per heavy atom. The molecule has 0 aromatic heterocycles. The van der Waals surface area contributed by atoms with Crippen LogP contribution < -0.4 is 5.32 Å². The third-order valence-electron chi connectivity index (χ3n) is 4.06. The Kier molecular flexibility index (Phi) is 10.8. The van der Waals surface area contributed by atoms with Gasteiger partial charge in [0.2, 0.25) is 11.7 Å². The first-order chi connectivity index (χ1) is 11.5. The number of halogens is 1. The number of carbonyl (C=O) groups excluding carboxylic acids is 2. The van der Waals surface area contributed by atoms with Crippen molar-refractivity contribution in [3.8, 4) is 0 Å². The molecule has 0 aromatic carbocycles. The van der Waals surface area contributed by atoms with Crippen LogP contribution in [0.5, 0.6) is 0 Å². The van der Waals surface area contributed by atoms with Crippen LogP contribution in [0.3, 0.4) is 0 Å². The smallest absolute Gasteiger partial charge is 0.279 e. The predicted molar refractivity (Wildman–Crippen MR) is 102 cm³/mol. The van der Waals surface area contributed by atoms with Crippen molar-refractivity contribution >= 4 is 11.8 Å². The van der Waals surface area contributed by atoms with Crippen molar-refractivity contribution in [1.82, 2.24) is 10.2 Å². The molecule has 0 spiro atoms. The van der Waals surface area contributed by atoms with Crippen LogP contribution in [-0.2, 0) is 9.59 Å². The zero-order valence-electron chi connectivity index (χ0n) is 16.9. The third kappa shape index (κ3) is 8.13. The molecular weight excluding hydrogens is 319 g/mol. The first-order valence-corrected chi connectivity index (χ1v) is 9.44. The number of hydrogen-bond donors (Lipinski definition) is 1. The van der Waals surface area contributed by atoms with E-state index < -0.39 is 23.5 Å². The lowest BCUT2D eigenvalue weighted by atomic mass is 9.96. The van der Waals surface area contributed by atoms with Crippen molar-refractivity contribution in [2.24, 2.45) is 17.8 Å². The molecule has 4 nitrogen and oxygen atoms in total. The van der Waals surface area contributed by atoms with E-state index in [2.05, 4.69) is 11.9 Å². The van der Waals surface area contributed by atoms with Crippen LogP contribution in [0.2, 0.25) is 0 Å². The van der Waals surface area contributed by atoms with Gasteiger partial charge in [-0.1, -0.05) is 47.6 Å². The van der Waals surface area contributed by atoms with Gasteiger partial charge >= 0.3 is 0 Å². The quantitative estimate of drug-likeness (QED) is 0.322. The summed E-state index contributed by atoms with van der Waals surface area (Å²) >= 11 is 0. The number of unbranched alkanes of at least 4 members (excludes halogenated alkanes) is 2. The average molecular weight is 357 g/mol. The van der Waals surface area contributed by atoms with Crippen molar-refractivity contribution in [2.45, 2.75) is 73.0 Å². The van der Waals surface area contributed by atoms with Gasteiger partial charge in [0, 0.05) is 25.4 Å². The minimum absolute atomic E-state index is 0.117. The summed E-state index contributed by atoms with van der Waals surface area (Å²) < 4.78 is 15.9. The Hall–Kier alpha value is -1.23. The molecule has 0 rings (SSSR count). The zero-order chi connectivity index (χ0) is 19.6. The Labute approximate surface area is 153 Å². The largest absolute Gasteiger partial charge is 0.292 e. The summed E-state index contributed by atoms with van der Waals surface area (Å²) in [5.41, 5.74) is 0. The molecule has 146 valence electrons. The molecule has 0 saturated heterocycles. The van der Waals surface area contributed by atoms with Gasteiger partial charge in [-0.05, 0) is 31.1 Å². The van der Waals surface area contributed by atoms with Gasteiger partial charge in [-0.2, -0.15) is 0 Å². The van der Waals surface area contributed by atoms with Crippen molar-refractivity contribution in [3.05, 3.63) is 12.7 Å². The highest BCUT2D eigenvalue weighted by atomic mass is 19.1. The molecule has 0 saturated carbocycles. The number of rotatable bonds is 12. The summed E-state index contributed by atoms with van der Waals surface area (Å²) in [6, 6.07) is 0. The molecular formula is C20H37FN2O2. The summed E-state index contributed by atoms with van der Waals surface area (Å²) in [7, 11) is 0. The minimum Gasteiger partial charge on any atom is -0.292 e. The van der Waals surface area contributed by atoms with Crippen LogP contribution in [0, 0.1) is 17.8 Å². The molecule has 0 aliphatic carbocycles. The summed E-state index contributed by atoms with van der Waals surface area (Å²) in [6.45, 7) is 15.8. The Balaban J connectivity index is 5.28. The second-order valence-corrected chi connectivity index (χ2v) is 7.93. The zero-order valence-corrected chi connectivity index (χ0v) is 16.9. The van der Waals surface area contributed by atoms with Gasteiger partial charge in [-0.25, -0.2) is 4.39 Å². The molecule has 25 heavy (non-hydrogen) atoms. The lowest BCUT2D eigenvalue weighted by Crippen LogP contribution is -2.61. The van der Waals surface area contributed by atoms with Gasteiger partial charge in [-0.3, -0.25) is 19.8 Å².